The standard InChI is InChI=1S/C15H32O2/c1-7-9-11-15(6,10-8-2)13(5)14(16)17-12(3)4/h12-14,16H,7-11H2,1-6H3/t13-,14+,15?/m0/s1. The molecule has 0 saturated heterocycles. The summed E-state index contributed by atoms with van der Waals surface area (Å²) in [6.45, 7) is 12.8. The number of hydrogen-bond donors (Lipinski definition) is 1. The first-order valence-corrected chi connectivity index (χ1v) is 7.20. The number of hydrogen-bond acceptors (Lipinski definition) is 2. The van der Waals surface area contributed by atoms with E-state index in [0.717, 1.165) is 6.42 Å². The molecule has 0 amide bonds. The molecule has 3 atom stereocenters. The van der Waals surface area contributed by atoms with E-state index in [1.165, 1.54) is 25.7 Å². The van der Waals surface area contributed by atoms with Crippen LogP contribution in [0.1, 0.15) is 73.6 Å². The van der Waals surface area contributed by atoms with Crippen molar-refractivity contribution in [1.82, 2.24) is 0 Å². The van der Waals surface area contributed by atoms with E-state index in [2.05, 4.69) is 27.7 Å². The van der Waals surface area contributed by atoms with Gasteiger partial charge in [0.05, 0.1) is 6.10 Å². The summed E-state index contributed by atoms with van der Waals surface area (Å²) in [6.07, 6.45) is 5.40. The monoisotopic (exact) mass is 244 g/mol. The van der Waals surface area contributed by atoms with Crippen LogP contribution in [0.3, 0.4) is 0 Å². The third kappa shape index (κ3) is 5.87. The van der Waals surface area contributed by atoms with Crippen molar-refractivity contribution < 1.29 is 9.84 Å². The molecule has 1 N–H and O–H groups in total. The first kappa shape index (κ1) is 16.9. The third-order valence-corrected chi connectivity index (χ3v) is 3.86. The Balaban J connectivity index is 4.54. The number of unbranched alkanes of at least 4 members (excludes halogenated alkanes) is 1. The van der Waals surface area contributed by atoms with E-state index in [9.17, 15) is 5.11 Å². The van der Waals surface area contributed by atoms with E-state index in [4.69, 9.17) is 4.74 Å². The van der Waals surface area contributed by atoms with Crippen molar-refractivity contribution >= 4 is 0 Å². The Bertz CT molecular complexity index is 191. The fourth-order valence-electron chi connectivity index (χ4n) is 2.47. The highest BCUT2D eigenvalue weighted by atomic mass is 16.6. The van der Waals surface area contributed by atoms with Gasteiger partial charge in [-0.2, -0.15) is 0 Å². The molecule has 0 bridgehead atoms. The van der Waals surface area contributed by atoms with E-state index in [1.807, 2.05) is 13.8 Å². The molecule has 0 aliphatic heterocycles. The van der Waals surface area contributed by atoms with Gasteiger partial charge in [-0.05, 0) is 32.1 Å². The van der Waals surface area contributed by atoms with Gasteiger partial charge < -0.3 is 9.84 Å². The zero-order valence-electron chi connectivity index (χ0n) is 12.6. The zero-order chi connectivity index (χ0) is 13.5. The van der Waals surface area contributed by atoms with Gasteiger partial charge in [-0.15, -0.1) is 0 Å². The van der Waals surface area contributed by atoms with Crippen molar-refractivity contribution in [3.63, 3.8) is 0 Å². The first-order valence-electron chi connectivity index (χ1n) is 7.20. The maximum Gasteiger partial charge on any atom is 0.157 e. The van der Waals surface area contributed by atoms with Crippen LogP contribution < -0.4 is 0 Å². The Morgan fingerprint density at radius 2 is 1.65 bits per heavy atom. The predicted octanol–water partition coefficient (Wildman–Crippen LogP) is 4.36. The average Bonchev–Trinajstić information content (AvgIpc) is 2.24. The topological polar surface area (TPSA) is 29.5 Å². The van der Waals surface area contributed by atoms with Gasteiger partial charge in [-0.1, -0.05) is 47.0 Å². The minimum atomic E-state index is -0.636. The van der Waals surface area contributed by atoms with Crippen molar-refractivity contribution in [2.45, 2.75) is 86.0 Å². The molecular formula is C15H32O2. The summed E-state index contributed by atoms with van der Waals surface area (Å²) in [4.78, 5) is 0. The summed E-state index contributed by atoms with van der Waals surface area (Å²) in [6, 6.07) is 0. The highest BCUT2D eigenvalue weighted by Crippen LogP contribution is 2.39. The van der Waals surface area contributed by atoms with Gasteiger partial charge in [0, 0.05) is 5.92 Å². The second kappa shape index (κ2) is 8.10. The quantitative estimate of drug-likeness (QED) is 0.611. The van der Waals surface area contributed by atoms with E-state index in [0.29, 0.717) is 0 Å². The molecule has 17 heavy (non-hydrogen) atoms. The summed E-state index contributed by atoms with van der Waals surface area (Å²) >= 11 is 0. The van der Waals surface area contributed by atoms with Crippen LogP contribution in [0, 0.1) is 11.3 Å². The van der Waals surface area contributed by atoms with E-state index in [-0.39, 0.29) is 17.4 Å². The van der Waals surface area contributed by atoms with Crippen molar-refractivity contribution in [2.75, 3.05) is 0 Å². The molecule has 0 aliphatic rings. The number of aliphatic hydroxyl groups is 1. The van der Waals surface area contributed by atoms with Crippen LogP contribution >= 0.6 is 0 Å². The molecule has 0 saturated carbocycles. The smallest absolute Gasteiger partial charge is 0.157 e. The summed E-state index contributed by atoms with van der Waals surface area (Å²) in [5.41, 5.74) is 0.194. The molecule has 0 heterocycles. The molecule has 0 rings (SSSR count). The van der Waals surface area contributed by atoms with Crippen molar-refractivity contribution in [2.24, 2.45) is 11.3 Å². The second-order valence-corrected chi connectivity index (χ2v) is 5.87. The molecule has 0 aromatic carbocycles. The maximum absolute atomic E-state index is 10.1. The molecule has 0 spiro atoms. The predicted molar refractivity (Wildman–Crippen MR) is 73.9 cm³/mol. The van der Waals surface area contributed by atoms with Crippen molar-refractivity contribution in [3.05, 3.63) is 0 Å². The zero-order valence-corrected chi connectivity index (χ0v) is 12.6. The average molecular weight is 244 g/mol. The van der Waals surface area contributed by atoms with Crippen molar-refractivity contribution in [3.8, 4) is 0 Å². The second-order valence-electron chi connectivity index (χ2n) is 5.87. The molecule has 0 aromatic rings. The van der Waals surface area contributed by atoms with Gasteiger partial charge in [0.2, 0.25) is 0 Å². The van der Waals surface area contributed by atoms with Gasteiger partial charge >= 0.3 is 0 Å². The SMILES string of the molecule is CCCCC(C)(CCC)[C@@H](C)[C@H](O)OC(C)C. The van der Waals surface area contributed by atoms with E-state index < -0.39 is 6.29 Å². The molecule has 1 unspecified atom stereocenters. The van der Waals surface area contributed by atoms with E-state index >= 15 is 0 Å². The van der Waals surface area contributed by atoms with Crippen LogP contribution in [0.25, 0.3) is 0 Å². The lowest BCUT2D eigenvalue weighted by molar-refractivity contribution is -0.178. The number of ether oxygens (including phenoxy) is 1. The number of aliphatic hydroxyl groups excluding tert-OH is 1. The summed E-state index contributed by atoms with van der Waals surface area (Å²) in [5.74, 6) is 0.191. The van der Waals surface area contributed by atoms with E-state index in [1.54, 1.807) is 0 Å². The fraction of sp³-hybridized carbons (Fsp3) is 1.00. The summed E-state index contributed by atoms with van der Waals surface area (Å²) in [7, 11) is 0. The van der Waals surface area contributed by atoms with Gasteiger partial charge in [0.1, 0.15) is 0 Å². The minimum Gasteiger partial charge on any atom is -0.368 e. The van der Waals surface area contributed by atoms with Crippen LogP contribution in [0.15, 0.2) is 0 Å². The Morgan fingerprint density at radius 1 is 1.06 bits per heavy atom. The highest BCUT2D eigenvalue weighted by Gasteiger charge is 2.35. The lowest BCUT2D eigenvalue weighted by atomic mass is 9.71. The third-order valence-electron chi connectivity index (χ3n) is 3.86. The van der Waals surface area contributed by atoms with Crippen LogP contribution in [-0.4, -0.2) is 17.5 Å². The van der Waals surface area contributed by atoms with Gasteiger partial charge in [0.15, 0.2) is 6.29 Å². The molecule has 0 aromatic heterocycles. The molecule has 0 aliphatic carbocycles. The molecule has 2 heteroatoms. The van der Waals surface area contributed by atoms with Crippen LogP contribution in [0.5, 0.6) is 0 Å². The number of rotatable bonds is 9. The molecule has 2 nitrogen and oxygen atoms in total. The molecule has 104 valence electrons. The molecular weight excluding hydrogens is 212 g/mol. The lowest BCUT2D eigenvalue weighted by Crippen LogP contribution is -2.37. The fourth-order valence-corrected chi connectivity index (χ4v) is 2.47. The Kier molecular flexibility index (Phi) is 8.06. The minimum absolute atomic E-state index is 0.0875. The first-order chi connectivity index (χ1) is 7.87. The molecule has 0 radical (unpaired) electrons. The van der Waals surface area contributed by atoms with Crippen LogP contribution in [0.4, 0.5) is 0 Å². The maximum atomic E-state index is 10.1. The molecule has 0 fully saturated rings. The lowest BCUT2D eigenvalue weighted by Gasteiger charge is -2.38. The normalized spacial score (nSPS) is 19.1. The Labute approximate surface area is 108 Å². The van der Waals surface area contributed by atoms with Crippen LogP contribution in [-0.2, 0) is 4.74 Å². The largest absolute Gasteiger partial charge is 0.368 e. The Hall–Kier alpha value is -0.0800. The van der Waals surface area contributed by atoms with Crippen LogP contribution in [0.2, 0.25) is 0 Å². The van der Waals surface area contributed by atoms with Gasteiger partial charge in [-0.3, -0.25) is 0 Å². The summed E-state index contributed by atoms with van der Waals surface area (Å²) in [5, 5.41) is 10.1. The Morgan fingerprint density at radius 3 is 2.06 bits per heavy atom. The van der Waals surface area contributed by atoms with Gasteiger partial charge in [-0.25, -0.2) is 0 Å². The van der Waals surface area contributed by atoms with Gasteiger partial charge in [0.25, 0.3) is 0 Å². The highest BCUT2D eigenvalue weighted by molar-refractivity contribution is 4.81. The summed E-state index contributed by atoms with van der Waals surface area (Å²) < 4.78 is 5.54. The van der Waals surface area contributed by atoms with Crippen molar-refractivity contribution in [1.29, 1.82) is 0 Å².